The van der Waals surface area contributed by atoms with Crippen LogP contribution in [0.4, 0.5) is 0 Å². The third kappa shape index (κ3) is 1.84. The predicted molar refractivity (Wildman–Crippen MR) is 74.4 cm³/mol. The number of fused-ring (bicyclic) bond motifs is 1. The highest BCUT2D eigenvalue weighted by atomic mass is 16.3. The normalized spacial score (nSPS) is 20.9. The van der Waals surface area contributed by atoms with Gasteiger partial charge in [0, 0.05) is 5.92 Å². The van der Waals surface area contributed by atoms with Gasteiger partial charge in [0.1, 0.15) is 0 Å². The lowest BCUT2D eigenvalue weighted by atomic mass is 9.92. The molecule has 4 nitrogen and oxygen atoms in total. The fourth-order valence-corrected chi connectivity index (χ4v) is 3.02. The lowest BCUT2D eigenvalue weighted by molar-refractivity contribution is 0.402. The van der Waals surface area contributed by atoms with Crippen LogP contribution in [0.2, 0.25) is 0 Å². The van der Waals surface area contributed by atoms with Crippen LogP contribution < -0.4 is 0 Å². The number of phenolic OH excluding ortho intramolecular Hbond substituents is 4. The summed E-state index contributed by atoms with van der Waals surface area (Å²) in [7, 11) is 0. The highest BCUT2D eigenvalue weighted by Gasteiger charge is 2.31. The minimum absolute atomic E-state index is 0.0398. The highest BCUT2D eigenvalue weighted by Crippen LogP contribution is 2.49. The lowest BCUT2D eigenvalue weighted by Gasteiger charge is -2.13. The molecule has 0 aromatic heterocycles. The number of benzene rings is 2. The van der Waals surface area contributed by atoms with E-state index in [0.717, 1.165) is 23.1 Å². The second-order valence-electron chi connectivity index (χ2n) is 5.41. The molecule has 2 aromatic carbocycles. The van der Waals surface area contributed by atoms with Crippen LogP contribution in [-0.2, 0) is 0 Å². The molecule has 0 saturated heterocycles. The van der Waals surface area contributed by atoms with Crippen molar-refractivity contribution in [3.05, 3.63) is 47.0 Å². The molecular formula is C16H16O4. The Morgan fingerprint density at radius 3 is 2.05 bits per heavy atom. The molecule has 0 fully saturated rings. The standard InChI is InChI=1S/C16H16O4/c1-8-4-11(9-2-3-13(17)14(18)5-9)12-7-16(20)15(19)6-10(8)12/h2-3,5-8,11,17-20H,4H2,1H3. The van der Waals surface area contributed by atoms with Crippen molar-refractivity contribution >= 4 is 0 Å². The van der Waals surface area contributed by atoms with E-state index >= 15 is 0 Å². The maximum Gasteiger partial charge on any atom is 0.157 e. The van der Waals surface area contributed by atoms with Crippen LogP contribution in [0, 0.1) is 0 Å². The molecule has 0 aliphatic heterocycles. The Morgan fingerprint density at radius 1 is 0.800 bits per heavy atom. The Hall–Kier alpha value is -2.36. The molecule has 0 amide bonds. The Bertz CT molecular complexity index is 678. The van der Waals surface area contributed by atoms with Crippen molar-refractivity contribution in [2.75, 3.05) is 0 Å². The molecular weight excluding hydrogens is 256 g/mol. The summed E-state index contributed by atoms with van der Waals surface area (Å²) in [4.78, 5) is 0. The van der Waals surface area contributed by atoms with Crippen molar-refractivity contribution in [2.45, 2.75) is 25.2 Å². The first-order valence-corrected chi connectivity index (χ1v) is 6.55. The number of rotatable bonds is 1. The number of hydrogen-bond acceptors (Lipinski definition) is 4. The molecule has 4 heteroatoms. The van der Waals surface area contributed by atoms with E-state index < -0.39 is 0 Å². The van der Waals surface area contributed by atoms with E-state index in [1.807, 2.05) is 0 Å². The van der Waals surface area contributed by atoms with E-state index in [4.69, 9.17) is 0 Å². The van der Waals surface area contributed by atoms with Gasteiger partial charge in [0.05, 0.1) is 0 Å². The van der Waals surface area contributed by atoms with E-state index in [2.05, 4.69) is 6.92 Å². The van der Waals surface area contributed by atoms with Crippen LogP contribution in [0.25, 0.3) is 0 Å². The molecule has 1 aliphatic carbocycles. The van der Waals surface area contributed by atoms with Gasteiger partial charge in [-0.15, -0.1) is 0 Å². The maximum atomic E-state index is 9.69. The first-order chi connectivity index (χ1) is 9.47. The van der Waals surface area contributed by atoms with Gasteiger partial charge < -0.3 is 20.4 Å². The van der Waals surface area contributed by atoms with Gasteiger partial charge >= 0.3 is 0 Å². The molecule has 0 saturated carbocycles. The van der Waals surface area contributed by atoms with Crippen LogP contribution >= 0.6 is 0 Å². The number of aromatic hydroxyl groups is 4. The average Bonchev–Trinajstić information content (AvgIpc) is 2.71. The Labute approximate surface area is 116 Å². The van der Waals surface area contributed by atoms with Gasteiger partial charge in [-0.1, -0.05) is 13.0 Å². The van der Waals surface area contributed by atoms with Crippen LogP contribution in [0.3, 0.4) is 0 Å². The smallest absolute Gasteiger partial charge is 0.157 e. The molecule has 0 bridgehead atoms. The molecule has 0 heterocycles. The molecule has 4 N–H and O–H groups in total. The van der Waals surface area contributed by atoms with Crippen molar-refractivity contribution in [2.24, 2.45) is 0 Å². The third-order valence-corrected chi connectivity index (χ3v) is 4.08. The van der Waals surface area contributed by atoms with Crippen LogP contribution in [0.5, 0.6) is 23.0 Å². The van der Waals surface area contributed by atoms with E-state index in [-0.39, 0.29) is 34.8 Å². The Morgan fingerprint density at radius 2 is 1.40 bits per heavy atom. The summed E-state index contributed by atoms with van der Waals surface area (Å²) >= 11 is 0. The minimum atomic E-state index is -0.147. The first-order valence-electron chi connectivity index (χ1n) is 6.55. The van der Waals surface area contributed by atoms with Gasteiger partial charge in [0.2, 0.25) is 0 Å². The Balaban J connectivity index is 2.10. The van der Waals surface area contributed by atoms with Gasteiger partial charge in [-0.3, -0.25) is 0 Å². The zero-order chi connectivity index (χ0) is 14.4. The SMILES string of the molecule is CC1CC(c2ccc(O)c(O)c2)c2cc(O)c(O)cc21. The summed E-state index contributed by atoms with van der Waals surface area (Å²) in [5.41, 5.74) is 2.85. The molecule has 1 aliphatic rings. The molecule has 3 rings (SSSR count). The summed E-state index contributed by atoms with van der Waals surface area (Å²) in [6, 6.07) is 7.98. The number of hydrogen-bond donors (Lipinski definition) is 4. The Kier molecular flexibility index (Phi) is 2.74. The summed E-state index contributed by atoms with van der Waals surface area (Å²) in [5.74, 6) is -0.230. The molecule has 2 aromatic rings. The van der Waals surface area contributed by atoms with Crippen molar-refractivity contribution in [1.82, 2.24) is 0 Å². The monoisotopic (exact) mass is 272 g/mol. The maximum absolute atomic E-state index is 9.69. The summed E-state index contributed by atoms with van der Waals surface area (Å²) in [5, 5.41) is 38.3. The lowest BCUT2D eigenvalue weighted by Crippen LogP contribution is -1.96. The van der Waals surface area contributed by atoms with Crippen LogP contribution in [-0.4, -0.2) is 20.4 Å². The summed E-state index contributed by atoms with van der Waals surface area (Å²) in [6.07, 6.45) is 0.836. The largest absolute Gasteiger partial charge is 0.504 e. The van der Waals surface area contributed by atoms with E-state index in [1.54, 1.807) is 24.3 Å². The van der Waals surface area contributed by atoms with Gasteiger partial charge in [-0.25, -0.2) is 0 Å². The van der Waals surface area contributed by atoms with Gasteiger partial charge in [0.25, 0.3) is 0 Å². The van der Waals surface area contributed by atoms with Crippen molar-refractivity contribution in [3.63, 3.8) is 0 Å². The fraction of sp³-hybridized carbons (Fsp3) is 0.250. The van der Waals surface area contributed by atoms with Crippen molar-refractivity contribution in [3.8, 4) is 23.0 Å². The van der Waals surface area contributed by atoms with Gasteiger partial charge in [-0.05, 0) is 53.3 Å². The topological polar surface area (TPSA) is 80.9 Å². The molecule has 2 unspecified atom stereocenters. The molecule has 104 valence electrons. The van der Waals surface area contributed by atoms with Gasteiger partial charge in [-0.2, -0.15) is 0 Å². The quantitative estimate of drug-likeness (QED) is 0.601. The first kappa shape index (κ1) is 12.7. The molecule has 0 radical (unpaired) electrons. The molecule has 20 heavy (non-hydrogen) atoms. The van der Waals surface area contributed by atoms with Gasteiger partial charge in [0.15, 0.2) is 23.0 Å². The average molecular weight is 272 g/mol. The van der Waals surface area contributed by atoms with E-state index in [9.17, 15) is 20.4 Å². The predicted octanol–water partition coefficient (Wildman–Crippen LogP) is 3.15. The third-order valence-electron chi connectivity index (χ3n) is 4.08. The molecule has 2 atom stereocenters. The number of phenols is 4. The van der Waals surface area contributed by atoms with Crippen molar-refractivity contribution in [1.29, 1.82) is 0 Å². The summed E-state index contributed by atoms with van der Waals surface area (Å²) < 4.78 is 0. The van der Waals surface area contributed by atoms with E-state index in [0.29, 0.717) is 0 Å². The second-order valence-corrected chi connectivity index (χ2v) is 5.41. The van der Waals surface area contributed by atoms with E-state index in [1.165, 1.54) is 6.07 Å². The second kappa shape index (κ2) is 4.34. The van der Waals surface area contributed by atoms with Crippen LogP contribution in [0.15, 0.2) is 30.3 Å². The van der Waals surface area contributed by atoms with Crippen molar-refractivity contribution < 1.29 is 20.4 Å². The van der Waals surface area contributed by atoms with Crippen LogP contribution in [0.1, 0.15) is 41.9 Å². The summed E-state index contributed by atoms with van der Waals surface area (Å²) in [6.45, 7) is 2.07. The highest BCUT2D eigenvalue weighted by molar-refractivity contribution is 5.54. The minimum Gasteiger partial charge on any atom is -0.504 e. The fourth-order valence-electron chi connectivity index (χ4n) is 3.02. The molecule has 0 spiro atoms. The zero-order valence-electron chi connectivity index (χ0n) is 11.0. The zero-order valence-corrected chi connectivity index (χ0v) is 11.0.